The maximum atomic E-state index is 5.56. The van der Waals surface area contributed by atoms with E-state index in [0.29, 0.717) is 6.04 Å². The molecule has 0 aromatic heterocycles. The zero-order chi connectivity index (χ0) is 10.5. The van der Waals surface area contributed by atoms with Crippen LogP contribution in [0.5, 0.6) is 0 Å². The fraction of sp³-hybridized carbons (Fsp3) is 1.00. The minimum Gasteiger partial charge on any atom is -0.378 e. The molecule has 1 aliphatic carbocycles. The lowest BCUT2D eigenvalue weighted by atomic mass is 10.2. The molecule has 1 saturated carbocycles. The minimum atomic E-state index is 0.603. The van der Waals surface area contributed by atoms with Gasteiger partial charge in [-0.05, 0) is 19.1 Å². The van der Waals surface area contributed by atoms with Gasteiger partial charge < -0.3 is 10.1 Å². The number of hydrogen-bond acceptors (Lipinski definition) is 4. The van der Waals surface area contributed by atoms with Crippen LogP contribution in [0.4, 0.5) is 0 Å². The normalized spacial score (nSPS) is 28.2. The van der Waals surface area contributed by atoms with E-state index in [2.05, 4.69) is 16.5 Å². The highest BCUT2D eigenvalue weighted by Gasteiger charge is 2.26. The van der Waals surface area contributed by atoms with Crippen molar-refractivity contribution in [3.8, 4) is 0 Å². The highest BCUT2D eigenvalue weighted by molar-refractivity contribution is 7.98. The standard InChI is InChI=1S/C11H22N2OS/c1-15-7-5-13-4-6-14-9-11(13)8-12-10-2-3-10/h10-12H,2-9H2,1H3. The van der Waals surface area contributed by atoms with Gasteiger partial charge in [0.25, 0.3) is 0 Å². The quantitative estimate of drug-likeness (QED) is 0.729. The summed E-state index contributed by atoms with van der Waals surface area (Å²) in [6, 6.07) is 1.42. The molecule has 4 heteroatoms. The number of ether oxygens (including phenoxy) is 1. The van der Waals surface area contributed by atoms with Gasteiger partial charge in [0, 0.05) is 37.5 Å². The Hall–Kier alpha value is 0.230. The maximum absolute atomic E-state index is 5.56. The van der Waals surface area contributed by atoms with Crippen molar-refractivity contribution in [2.24, 2.45) is 0 Å². The topological polar surface area (TPSA) is 24.5 Å². The molecule has 3 nitrogen and oxygen atoms in total. The van der Waals surface area contributed by atoms with Crippen LogP contribution in [-0.4, -0.2) is 61.8 Å². The summed E-state index contributed by atoms with van der Waals surface area (Å²) in [7, 11) is 0. The first-order valence-corrected chi connectivity index (χ1v) is 7.33. The molecule has 0 aromatic rings. The Morgan fingerprint density at radius 3 is 3.07 bits per heavy atom. The first-order valence-electron chi connectivity index (χ1n) is 5.94. The summed E-state index contributed by atoms with van der Waals surface area (Å²) in [4.78, 5) is 2.58. The number of nitrogens with one attached hydrogen (secondary N) is 1. The highest BCUT2D eigenvalue weighted by atomic mass is 32.2. The smallest absolute Gasteiger partial charge is 0.0634 e. The van der Waals surface area contributed by atoms with Crippen molar-refractivity contribution in [2.45, 2.75) is 24.9 Å². The highest BCUT2D eigenvalue weighted by Crippen LogP contribution is 2.19. The molecule has 1 saturated heterocycles. The summed E-state index contributed by atoms with van der Waals surface area (Å²) in [5.41, 5.74) is 0. The molecular formula is C11H22N2OS. The first-order chi connectivity index (χ1) is 7.40. The van der Waals surface area contributed by atoms with Crippen LogP contribution in [0.15, 0.2) is 0 Å². The minimum absolute atomic E-state index is 0.603. The molecule has 88 valence electrons. The third-order valence-electron chi connectivity index (χ3n) is 3.15. The molecule has 2 fully saturated rings. The van der Waals surface area contributed by atoms with E-state index in [1.807, 2.05) is 11.8 Å². The van der Waals surface area contributed by atoms with Crippen LogP contribution in [0.3, 0.4) is 0 Å². The van der Waals surface area contributed by atoms with E-state index in [1.165, 1.54) is 25.1 Å². The molecule has 0 aromatic carbocycles. The van der Waals surface area contributed by atoms with Crippen LogP contribution in [0.1, 0.15) is 12.8 Å². The number of thioether (sulfide) groups is 1. The SMILES string of the molecule is CSCCN1CCOCC1CNC1CC1. The van der Waals surface area contributed by atoms with Crippen LogP contribution in [0.2, 0.25) is 0 Å². The summed E-state index contributed by atoms with van der Waals surface area (Å²) in [5, 5.41) is 3.60. The summed E-state index contributed by atoms with van der Waals surface area (Å²) >= 11 is 1.93. The van der Waals surface area contributed by atoms with Crippen LogP contribution >= 0.6 is 11.8 Å². The molecule has 1 atom stereocenters. The number of hydrogen-bond donors (Lipinski definition) is 1. The fourth-order valence-corrected chi connectivity index (χ4v) is 2.39. The van der Waals surface area contributed by atoms with Crippen molar-refractivity contribution in [1.29, 1.82) is 0 Å². The molecular weight excluding hydrogens is 208 g/mol. The van der Waals surface area contributed by atoms with Crippen LogP contribution in [0.25, 0.3) is 0 Å². The van der Waals surface area contributed by atoms with Gasteiger partial charge in [0.2, 0.25) is 0 Å². The van der Waals surface area contributed by atoms with E-state index in [9.17, 15) is 0 Å². The predicted molar refractivity (Wildman–Crippen MR) is 65.6 cm³/mol. The Labute approximate surface area is 96.9 Å². The largest absolute Gasteiger partial charge is 0.378 e. The lowest BCUT2D eigenvalue weighted by Crippen LogP contribution is -2.51. The lowest BCUT2D eigenvalue weighted by molar-refractivity contribution is -0.00368. The molecule has 2 rings (SSSR count). The molecule has 1 unspecified atom stereocenters. The monoisotopic (exact) mass is 230 g/mol. The number of nitrogens with zero attached hydrogens (tertiary/aromatic N) is 1. The molecule has 0 bridgehead atoms. The summed E-state index contributed by atoms with van der Waals surface area (Å²) in [5.74, 6) is 1.24. The van der Waals surface area contributed by atoms with Crippen molar-refractivity contribution in [2.75, 3.05) is 44.9 Å². The molecule has 0 amide bonds. The Kier molecular flexibility index (Phi) is 4.75. The van der Waals surface area contributed by atoms with E-state index in [-0.39, 0.29) is 0 Å². The second-order valence-corrected chi connectivity index (χ2v) is 5.43. The van der Waals surface area contributed by atoms with Gasteiger partial charge in [0.1, 0.15) is 0 Å². The van der Waals surface area contributed by atoms with Gasteiger partial charge in [-0.25, -0.2) is 0 Å². The second-order valence-electron chi connectivity index (χ2n) is 4.44. The van der Waals surface area contributed by atoms with Gasteiger partial charge in [-0.3, -0.25) is 4.90 Å². The van der Waals surface area contributed by atoms with Crippen molar-refractivity contribution in [3.05, 3.63) is 0 Å². The Balaban J connectivity index is 1.70. The van der Waals surface area contributed by atoms with E-state index >= 15 is 0 Å². The summed E-state index contributed by atoms with van der Waals surface area (Å²) in [6.45, 7) is 5.25. The predicted octanol–water partition coefficient (Wildman–Crippen LogP) is 0.802. The van der Waals surface area contributed by atoms with Crippen LogP contribution in [0, 0.1) is 0 Å². The molecule has 0 spiro atoms. The van der Waals surface area contributed by atoms with Crippen molar-refractivity contribution in [3.63, 3.8) is 0 Å². The molecule has 15 heavy (non-hydrogen) atoms. The first kappa shape index (κ1) is 11.7. The van der Waals surface area contributed by atoms with E-state index in [4.69, 9.17) is 4.74 Å². The Morgan fingerprint density at radius 2 is 2.33 bits per heavy atom. The molecule has 1 N–H and O–H groups in total. The zero-order valence-corrected chi connectivity index (χ0v) is 10.4. The third kappa shape index (κ3) is 3.94. The van der Waals surface area contributed by atoms with Gasteiger partial charge in [-0.1, -0.05) is 0 Å². The second kappa shape index (κ2) is 6.09. The Morgan fingerprint density at radius 1 is 1.47 bits per heavy atom. The van der Waals surface area contributed by atoms with Crippen LogP contribution < -0.4 is 5.32 Å². The van der Waals surface area contributed by atoms with Gasteiger partial charge >= 0.3 is 0 Å². The third-order valence-corrected chi connectivity index (χ3v) is 3.74. The van der Waals surface area contributed by atoms with E-state index < -0.39 is 0 Å². The van der Waals surface area contributed by atoms with Crippen molar-refractivity contribution >= 4 is 11.8 Å². The van der Waals surface area contributed by atoms with Gasteiger partial charge in [0.15, 0.2) is 0 Å². The Bertz CT molecular complexity index is 187. The van der Waals surface area contributed by atoms with Crippen molar-refractivity contribution < 1.29 is 4.74 Å². The average Bonchev–Trinajstić information content (AvgIpc) is 3.08. The van der Waals surface area contributed by atoms with E-state index in [1.54, 1.807) is 0 Å². The summed E-state index contributed by atoms with van der Waals surface area (Å²) in [6.07, 6.45) is 4.93. The molecule has 2 aliphatic rings. The molecule has 0 radical (unpaired) electrons. The molecule has 1 heterocycles. The average molecular weight is 230 g/mol. The molecule has 1 aliphatic heterocycles. The number of morpholine rings is 1. The maximum Gasteiger partial charge on any atom is 0.0634 e. The van der Waals surface area contributed by atoms with Gasteiger partial charge in [-0.2, -0.15) is 11.8 Å². The van der Waals surface area contributed by atoms with Crippen LogP contribution in [-0.2, 0) is 4.74 Å². The zero-order valence-electron chi connectivity index (χ0n) is 9.58. The van der Waals surface area contributed by atoms with Gasteiger partial charge in [0.05, 0.1) is 13.2 Å². The van der Waals surface area contributed by atoms with Crippen molar-refractivity contribution in [1.82, 2.24) is 10.2 Å². The lowest BCUT2D eigenvalue weighted by Gasteiger charge is -2.35. The fourth-order valence-electron chi connectivity index (χ4n) is 1.97. The summed E-state index contributed by atoms with van der Waals surface area (Å²) < 4.78 is 5.56. The number of rotatable bonds is 6. The van der Waals surface area contributed by atoms with Gasteiger partial charge in [-0.15, -0.1) is 0 Å². The van der Waals surface area contributed by atoms with E-state index in [0.717, 1.165) is 32.3 Å².